The molecule has 0 unspecified atom stereocenters. The summed E-state index contributed by atoms with van der Waals surface area (Å²) >= 11 is 0. The van der Waals surface area contributed by atoms with Crippen molar-refractivity contribution in [2.75, 3.05) is 6.67 Å². The maximum Gasteiger partial charge on any atom is 0.0894 e. The van der Waals surface area contributed by atoms with E-state index in [9.17, 15) is 4.39 Å². The molecule has 0 spiro atoms. The van der Waals surface area contributed by atoms with E-state index in [-0.39, 0.29) is 6.67 Å². The van der Waals surface area contributed by atoms with Gasteiger partial charge in [0.1, 0.15) is 0 Å². The zero-order valence-electron chi connectivity index (χ0n) is 20.9. The summed E-state index contributed by atoms with van der Waals surface area (Å²) in [5.41, 5.74) is 2.94. The van der Waals surface area contributed by atoms with Gasteiger partial charge in [-0.25, -0.2) is 0 Å². The fraction of sp³-hybridized carbons (Fsp3) is 0.806. The van der Waals surface area contributed by atoms with Crippen LogP contribution in [0.2, 0.25) is 0 Å². The number of hydrogen-bond donors (Lipinski definition) is 0. The first-order chi connectivity index (χ1) is 15.8. The molecule has 3 fully saturated rings. The van der Waals surface area contributed by atoms with Crippen LogP contribution in [0.25, 0.3) is 0 Å². The molecule has 3 aliphatic carbocycles. The van der Waals surface area contributed by atoms with E-state index in [1.807, 2.05) is 0 Å². The van der Waals surface area contributed by atoms with Crippen molar-refractivity contribution in [3.8, 4) is 0 Å². The largest absolute Gasteiger partial charge is 0.251 e. The minimum Gasteiger partial charge on any atom is -0.251 e. The summed E-state index contributed by atoms with van der Waals surface area (Å²) in [6.45, 7) is 2.18. The fourth-order valence-electron chi connectivity index (χ4n) is 7.75. The summed E-state index contributed by atoms with van der Waals surface area (Å²) in [5.74, 6) is 6.00. The van der Waals surface area contributed by atoms with Gasteiger partial charge in [-0.1, -0.05) is 56.9 Å². The maximum absolute atomic E-state index is 12.3. The Bertz CT molecular complexity index is 625. The van der Waals surface area contributed by atoms with Gasteiger partial charge in [0.05, 0.1) is 6.67 Å². The molecule has 0 saturated heterocycles. The third kappa shape index (κ3) is 6.60. The molecule has 3 aliphatic rings. The Balaban J connectivity index is 1.16. The Morgan fingerprint density at radius 1 is 0.656 bits per heavy atom. The van der Waals surface area contributed by atoms with Crippen molar-refractivity contribution in [2.24, 2.45) is 29.6 Å². The van der Waals surface area contributed by atoms with Crippen LogP contribution in [-0.4, -0.2) is 6.67 Å². The molecule has 180 valence electrons. The molecule has 0 atom stereocenters. The third-order valence-electron chi connectivity index (χ3n) is 9.81. The van der Waals surface area contributed by atoms with Crippen LogP contribution in [0.3, 0.4) is 0 Å². The summed E-state index contributed by atoms with van der Waals surface area (Å²) in [4.78, 5) is 0. The molecule has 1 aromatic carbocycles. The molecule has 0 bridgehead atoms. The lowest BCUT2D eigenvalue weighted by atomic mass is 9.64. The molecule has 0 amide bonds. The second-order valence-electron chi connectivity index (χ2n) is 11.7. The van der Waals surface area contributed by atoms with Crippen molar-refractivity contribution < 1.29 is 4.39 Å². The van der Waals surface area contributed by atoms with Gasteiger partial charge in [0, 0.05) is 0 Å². The lowest BCUT2D eigenvalue weighted by Crippen LogP contribution is -2.29. The second-order valence-corrected chi connectivity index (χ2v) is 11.7. The summed E-state index contributed by atoms with van der Waals surface area (Å²) in [6.07, 6.45) is 23.6. The molecule has 3 saturated carbocycles. The summed E-state index contributed by atoms with van der Waals surface area (Å²) in [6, 6.07) is 9.35. The molecule has 0 heterocycles. The first kappa shape index (κ1) is 24.3. The van der Waals surface area contributed by atoms with Crippen LogP contribution in [0.15, 0.2) is 24.3 Å². The van der Waals surface area contributed by atoms with Crippen LogP contribution >= 0.6 is 0 Å². The van der Waals surface area contributed by atoms with Crippen molar-refractivity contribution in [1.29, 1.82) is 0 Å². The molecule has 0 aromatic heterocycles. The molecule has 0 aliphatic heterocycles. The molecule has 1 aromatic rings. The fourth-order valence-corrected chi connectivity index (χ4v) is 7.75. The minimum absolute atomic E-state index is 0.178. The summed E-state index contributed by atoms with van der Waals surface area (Å²) < 4.78 is 12.3. The Hall–Kier alpha value is -0.850. The monoisotopic (exact) mass is 440 g/mol. The van der Waals surface area contributed by atoms with Crippen LogP contribution in [0.5, 0.6) is 0 Å². The van der Waals surface area contributed by atoms with E-state index in [0.717, 1.165) is 48.3 Å². The van der Waals surface area contributed by atoms with Crippen LogP contribution in [0.4, 0.5) is 4.39 Å². The number of unbranched alkanes of at least 4 members (excludes halogenated alkanes) is 1. The van der Waals surface area contributed by atoms with Crippen molar-refractivity contribution >= 4 is 0 Å². The third-order valence-corrected chi connectivity index (χ3v) is 9.81. The van der Waals surface area contributed by atoms with Crippen LogP contribution in [-0.2, 0) is 6.42 Å². The van der Waals surface area contributed by atoms with Gasteiger partial charge in [-0.2, -0.15) is 0 Å². The van der Waals surface area contributed by atoms with Gasteiger partial charge in [-0.3, -0.25) is 4.39 Å². The van der Waals surface area contributed by atoms with E-state index in [0.29, 0.717) is 6.42 Å². The minimum atomic E-state index is -0.178. The highest BCUT2D eigenvalue weighted by Gasteiger charge is 2.34. The average molecular weight is 441 g/mol. The summed E-state index contributed by atoms with van der Waals surface area (Å²) in [7, 11) is 0. The predicted molar refractivity (Wildman–Crippen MR) is 136 cm³/mol. The van der Waals surface area contributed by atoms with Gasteiger partial charge < -0.3 is 0 Å². The van der Waals surface area contributed by atoms with Gasteiger partial charge >= 0.3 is 0 Å². The maximum atomic E-state index is 12.3. The normalized spacial score (nSPS) is 33.8. The Morgan fingerprint density at radius 3 is 1.66 bits per heavy atom. The SMILES string of the molecule is CCC[C@H]1CC[C@H]([C@H]2CC[C@H](C3CCC(c4ccc(CCCCF)cc4)CC3)CC2)CC1. The standard InChI is InChI=1S/C31H49F/c1-2-5-24-7-11-26(12-8-24)28-15-19-30(20-16-28)31-21-17-29(18-22-31)27-13-9-25(10-14-27)6-3-4-23-32/h9-10,13-14,24,26,28-31H,2-8,11-12,15-23H2,1H3/t24-,26-,28-,29?,30-,31?. The molecule has 1 heteroatoms. The first-order valence-electron chi connectivity index (χ1n) is 14.4. The van der Waals surface area contributed by atoms with Crippen LogP contribution in [0.1, 0.15) is 127 Å². The lowest BCUT2D eigenvalue weighted by molar-refractivity contribution is 0.109. The van der Waals surface area contributed by atoms with Gasteiger partial charge in [-0.15, -0.1) is 0 Å². The number of halogens is 1. The van der Waals surface area contributed by atoms with Gasteiger partial charge in [0.15, 0.2) is 0 Å². The quantitative estimate of drug-likeness (QED) is 0.335. The number of rotatable bonds is 9. The first-order valence-corrected chi connectivity index (χ1v) is 14.4. The van der Waals surface area contributed by atoms with E-state index in [2.05, 4.69) is 31.2 Å². The lowest BCUT2D eigenvalue weighted by Gasteiger charge is -2.41. The number of benzene rings is 1. The molecule has 4 rings (SSSR count). The molecule has 0 radical (unpaired) electrons. The van der Waals surface area contributed by atoms with Crippen molar-refractivity contribution in [3.05, 3.63) is 35.4 Å². The van der Waals surface area contributed by atoms with Gasteiger partial charge in [-0.05, 0) is 130 Å². The van der Waals surface area contributed by atoms with E-state index in [1.54, 1.807) is 18.4 Å². The van der Waals surface area contributed by atoms with E-state index < -0.39 is 0 Å². The predicted octanol–water partition coefficient (Wildman–Crippen LogP) is 9.67. The highest BCUT2D eigenvalue weighted by atomic mass is 19.1. The van der Waals surface area contributed by atoms with Gasteiger partial charge in [0.25, 0.3) is 0 Å². The Morgan fingerprint density at radius 2 is 1.16 bits per heavy atom. The Labute approximate surface area is 198 Å². The van der Waals surface area contributed by atoms with Crippen LogP contribution in [0, 0.1) is 29.6 Å². The highest BCUT2D eigenvalue weighted by molar-refractivity contribution is 5.26. The topological polar surface area (TPSA) is 0 Å². The highest BCUT2D eigenvalue weighted by Crippen LogP contribution is 2.47. The smallest absolute Gasteiger partial charge is 0.0894 e. The van der Waals surface area contributed by atoms with Crippen molar-refractivity contribution in [1.82, 2.24) is 0 Å². The van der Waals surface area contributed by atoms with E-state index in [4.69, 9.17) is 0 Å². The molecule has 0 N–H and O–H groups in total. The Kier molecular flexibility index (Phi) is 9.54. The van der Waals surface area contributed by atoms with Gasteiger partial charge in [0.2, 0.25) is 0 Å². The van der Waals surface area contributed by atoms with Crippen molar-refractivity contribution in [2.45, 2.75) is 122 Å². The molecule has 0 nitrogen and oxygen atoms in total. The zero-order valence-corrected chi connectivity index (χ0v) is 20.9. The molecule has 32 heavy (non-hydrogen) atoms. The van der Waals surface area contributed by atoms with E-state index >= 15 is 0 Å². The molecular formula is C31H49F. The average Bonchev–Trinajstić information content (AvgIpc) is 2.86. The number of alkyl halides is 1. The summed E-state index contributed by atoms with van der Waals surface area (Å²) in [5, 5.41) is 0. The van der Waals surface area contributed by atoms with Crippen LogP contribution < -0.4 is 0 Å². The number of hydrogen-bond acceptors (Lipinski definition) is 0. The van der Waals surface area contributed by atoms with E-state index in [1.165, 1.54) is 82.6 Å². The zero-order chi connectivity index (χ0) is 22.2. The second kappa shape index (κ2) is 12.6. The number of aryl methyl sites for hydroxylation is 1. The van der Waals surface area contributed by atoms with Crippen molar-refractivity contribution in [3.63, 3.8) is 0 Å². The molecular weight excluding hydrogens is 391 g/mol.